The van der Waals surface area contributed by atoms with Crippen molar-refractivity contribution in [2.75, 3.05) is 19.9 Å². The Morgan fingerprint density at radius 1 is 1.27 bits per heavy atom. The summed E-state index contributed by atoms with van der Waals surface area (Å²) in [5, 5.41) is 0. The van der Waals surface area contributed by atoms with Crippen LogP contribution in [0.15, 0.2) is 12.4 Å². The van der Waals surface area contributed by atoms with Crippen LogP contribution >= 0.6 is 0 Å². The topological polar surface area (TPSA) is 6.48 Å². The summed E-state index contributed by atoms with van der Waals surface area (Å²) in [6, 6.07) is 0. The monoisotopic (exact) mass is 170 g/mol. The molecule has 64 valence electrons. The SMILES string of the molecule is CN1C=CN(C[Si](C)(C)C)C1. The molecule has 0 unspecified atom stereocenters. The zero-order valence-electron chi connectivity index (χ0n) is 7.96. The molecule has 1 aliphatic rings. The normalized spacial score (nSPS) is 18.2. The van der Waals surface area contributed by atoms with E-state index >= 15 is 0 Å². The predicted octanol–water partition coefficient (Wildman–Crippen LogP) is 1.54. The first-order valence-corrected chi connectivity index (χ1v) is 7.81. The molecular formula is C8H18N2Si. The summed E-state index contributed by atoms with van der Waals surface area (Å²) in [6.45, 7) is 8.28. The molecule has 0 aromatic carbocycles. The van der Waals surface area contributed by atoms with E-state index in [4.69, 9.17) is 0 Å². The summed E-state index contributed by atoms with van der Waals surface area (Å²) in [7, 11) is 1.21. The summed E-state index contributed by atoms with van der Waals surface area (Å²) in [6.07, 6.45) is 5.60. The van der Waals surface area contributed by atoms with Crippen LogP contribution in [-0.2, 0) is 0 Å². The fraction of sp³-hybridized carbons (Fsp3) is 0.750. The number of nitrogens with zero attached hydrogens (tertiary/aromatic N) is 2. The standard InChI is InChI=1S/C8H18N2Si/c1-9-5-6-10(7-9)8-11(2,3)4/h5-6H,7-8H2,1-4H3. The number of rotatable bonds is 2. The van der Waals surface area contributed by atoms with Crippen LogP contribution in [0.4, 0.5) is 0 Å². The van der Waals surface area contributed by atoms with Crippen molar-refractivity contribution in [3.8, 4) is 0 Å². The van der Waals surface area contributed by atoms with Crippen LogP contribution in [0, 0.1) is 0 Å². The largest absolute Gasteiger partial charge is 0.362 e. The summed E-state index contributed by atoms with van der Waals surface area (Å²) in [5.74, 6) is 0. The maximum absolute atomic E-state index is 2.40. The zero-order chi connectivity index (χ0) is 8.48. The van der Waals surface area contributed by atoms with E-state index in [1.54, 1.807) is 0 Å². The molecule has 3 heteroatoms. The zero-order valence-corrected chi connectivity index (χ0v) is 8.96. The van der Waals surface area contributed by atoms with Crippen molar-refractivity contribution in [1.82, 2.24) is 9.80 Å². The van der Waals surface area contributed by atoms with E-state index in [-0.39, 0.29) is 0 Å². The Morgan fingerprint density at radius 3 is 2.27 bits per heavy atom. The van der Waals surface area contributed by atoms with Gasteiger partial charge in [-0.05, 0) is 0 Å². The van der Waals surface area contributed by atoms with Crippen molar-refractivity contribution in [2.45, 2.75) is 19.6 Å². The molecule has 0 fully saturated rings. The maximum atomic E-state index is 2.40. The van der Waals surface area contributed by atoms with Crippen molar-refractivity contribution in [1.29, 1.82) is 0 Å². The van der Waals surface area contributed by atoms with E-state index in [2.05, 4.69) is 48.9 Å². The van der Waals surface area contributed by atoms with Crippen molar-refractivity contribution < 1.29 is 0 Å². The second-order valence-electron chi connectivity index (χ2n) is 4.50. The third kappa shape index (κ3) is 2.97. The molecule has 0 N–H and O–H groups in total. The van der Waals surface area contributed by atoms with Crippen LogP contribution < -0.4 is 0 Å². The third-order valence-corrected chi connectivity index (χ3v) is 2.97. The van der Waals surface area contributed by atoms with Gasteiger partial charge in [-0.3, -0.25) is 0 Å². The van der Waals surface area contributed by atoms with Crippen molar-refractivity contribution in [3.05, 3.63) is 12.4 Å². The minimum atomic E-state index is -0.904. The van der Waals surface area contributed by atoms with E-state index < -0.39 is 8.07 Å². The smallest absolute Gasteiger partial charge is 0.0887 e. The van der Waals surface area contributed by atoms with Crippen molar-refractivity contribution in [2.24, 2.45) is 0 Å². The van der Waals surface area contributed by atoms with E-state index in [1.165, 1.54) is 6.17 Å². The highest BCUT2D eigenvalue weighted by atomic mass is 28.3. The average Bonchev–Trinajstić information content (AvgIpc) is 2.10. The highest BCUT2D eigenvalue weighted by molar-refractivity contribution is 6.76. The molecule has 2 nitrogen and oxygen atoms in total. The molecule has 0 aliphatic carbocycles. The molecular weight excluding hydrogens is 152 g/mol. The first-order valence-electron chi connectivity index (χ1n) is 4.10. The highest BCUT2D eigenvalue weighted by Crippen LogP contribution is 2.09. The van der Waals surface area contributed by atoms with Crippen molar-refractivity contribution >= 4 is 8.07 Å². The third-order valence-electron chi connectivity index (χ3n) is 1.61. The Labute approximate surface area is 70.5 Å². The first kappa shape index (κ1) is 8.65. The van der Waals surface area contributed by atoms with Gasteiger partial charge in [-0.1, -0.05) is 19.6 Å². The minimum absolute atomic E-state index is 0.904. The lowest BCUT2D eigenvalue weighted by Gasteiger charge is -2.25. The molecule has 0 saturated heterocycles. The molecule has 1 heterocycles. The summed E-state index contributed by atoms with van der Waals surface area (Å²) in [5.41, 5.74) is 0. The second kappa shape index (κ2) is 2.89. The van der Waals surface area contributed by atoms with Gasteiger partial charge in [0.25, 0.3) is 0 Å². The lowest BCUT2D eigenvalue weighted by Crippen LogP contribution is -2.38. The Morgan fingerprint density at radius 2 is 1.91 bits per heavy atom. The van der Waals surface area contributed by atoms with Gasteiger partial charge < -0.3 is 9.80 Å². The number of hydrogen-bond acceptors (Lipinski definition) is 2. The van der Waals surface area contributed by atoms with Crippen molar-refractivity contribution in [3.63, 3.8) is 0 Å². The Hall–Kier alpha value is -0.443. The Kier molecular flexibility index (Phi) is 2.27. The van der Waals surface area contributed by atoms with E-state index in [9.17, 15) is 0 Å². The quantitative estimate of drug-likeness (QED) is 0.580. The molecule has 0 amide bonds. The molecule has 0 radical (unpaired) electrons. The summed E-state index contributed by atoms with van der Waals surface area (Å²) < 4.78 is 0. The predicted molar refractivity (Wildman–Crippen MR) is 51.8 cm³/mol. The van der Waals surface area contributed by atoms with E-state index in [0.29, 0.717) is 0 Å². The maximum Gasteiger partial charge on any atom is 0.0887 e. The van der Waals surface area contributed by atoms with Gasteiger partial charge in [0.05, 0.1) is 14.7 Å². The molecule has 0 spiro atoms. The van der Waals surface area contributed by atoms with Gasteiger partial charge in [0.15, 0.2) is 0 Å². The fourth-order valence-electron chi connectivity index (χ4n) is 1.30. The van der Waals surface area contributed by atoms with Crippen LogP contribution in [0.5, 0.6) is 0 Å². The van der Waals surface area contributed by atoms with Gasteiger partial charge >= 0.3 is 0 Å². The van der Waals surface area contributed by atoms with Crippen LogP contribution in [0.1, 0.15) is 0 Å². The van der Waals surface area contributed by atoms with Gasteiger partial charge in [0, 0.05) is 25.6 Å². The van der Waals surface area contributed by atoms with Gasteiger partial charge in [-0.25, -0.2) is 0 Å². The van der Waals surface area contributed by atoms with Gasteiger partial charge in [-0.15, -0.1) is 0 Å². The Bertz CT molecular complexity index is 160. The molecule has 0 bridgehead atoms. The average molecular weight is 170 g/mol. The molecule has 1 aliphatic heterocycles. The minimum Gasteiger partial charge on any atom is -0.362 e. The highest BCUT2D eigenvalue weighted by Gasteiger charge is 2.18. The van der Waals surface area contributed by atoms with Gasteiger partial charge in [0.1, 0.15) is 0 Å². The van der Waals surface area contributed by atoms with Crippen LogP contribution in [0.2, 0.25) is 19.6 Å². The molecule has 0 atom stereocenters. The van der Waals surface area contributed by atoms with E-state index in [1.807, 2.05) is 0 Å². The van der Waals surface area contributed by atoms with Gasteiger partial charge in [-0.2, -0.15) is 0 Å². The molecule has 0 aromatic rings. The molecule has 0 aromatic heterocycles. The Balaban J connectivity index is 2.36. The van der Waals surface area contributed by atoms with Crippen LogP contribution in [-0.4, -0.2) is 37.8 Å². The summed E-state index contributed by atoms with van der Waals surface area (Å²) in [4.78, 5) is 4.60. The fourth-order valence-corrected chi connectivity index (χ4v) is 2.72. The lowest BCUT2D eigenvalue weighted by molar-refractivity contribution is 0.325. The van der Waals surface area contributed by atoms with Gasteiger partial charge in [0.2, 0.25) is 0 Å². The molecule has 1 rings (SSSR count). The number of hydrogen-bond donors (Lipinski definition) is 0. The van der Waals surface area contributed by atoms with Crippen LogP contribution in [0.3, 0.4) is 0 Å². The second-order valence-corrected chi connectivity index (χ2v) is 9.94. The summed E-state index contributed by atoms with van der Waals surface area (Å²) >= 11 is 0. The molecule has 0 saturated carbocycles. The first-order chi connectivity index (χ1) is 4.97. The lowest BCUT2D eigenvalue weighted by atomic mass is 10.9. The molecule has 11 heavy (non-hydrogen) atoms. The van der Waals surface area contributed by atoms with E-state index in [0.717, 1.165) is 6.67 Å². The van der Waals surface area contributed by atoms with Crippen LogP contribution in [0.25, 0.3) is 0 Å².